The van der Waals surface area contributed by atoms with Gasteiger partial charge in [-0.3, -0.25) is 4.79 Å². The Morgan fingerprint density at radius 1 is 1.44 bits per heavy atom. The van der Waals surface area contributed by atoms with Crippen molar-refractivity contribution in [2.45, 2.75) is 12.8 Å². The van der Waals surface area contributed by atoms with Gasteiger partial charge in [-0.2, -0.15) is 0 Å². The number of fused-ring (bicyclic) bond motifs is 1. The van der Waals surface area contributed by atoms with Gasteiger partial charge in [-0.1, -0.05) is 12.1 Å². The number of H-pyrrole nitrogens is 1. The topological polar surface area (TPSA) is 42.1 Å². The number of hydrogen-bond donors (Lipinski definition) is 1. The molecule has 0 radical (unpaired) electrons. The molecule has 0 bridgehead atoms. The zero-order valence-corrected chi connectivity index (χ0v) is 9.67. The van der Waals surface area contributed by atoms with E-state index in [1.54, 1.807) is 6.07 Å². The maximum atomic E-state index is 11.6. The molecule has 16 heavy (non-hydrogen) atoms. The average Bonchev–Trinajstić information content (AvgIpc) is 2.29. The summed E-state index contributed by atoms with van der Waals surface area (Å²) in [7, 11) is 0. The minimum atomic E-state index is -0.158. The van der Waals surface area contributed by atoms with Gasteiger partial charge in [-0.15, -0.1) is 11.6 Å². The summed E-state index contributed by atoms with van der Waals surface area (Å²) in [5.74, 6) is 0.905. The number of aromatic amines is 1. The van der Waals surface area contributed by atoms with E-state index in [4.69, 9.17) is 16.3 Å². The van der Waals surface area contributed by atoms with Gasteiger partial charge >= 0.3 is 0 Å². The van der Waals surface area contributed by atoms with E-state index in [1.807, 2.05) is 25.1 Å². The number of halogens is 1. The molecule has 4 heteroatoms. The van der Waals surface area contributed by atoms with E-state index in [-0.39, 0.29) is 11.4 Å². The Kier molecular flexibility index (Phi) is 3.15. The summed E-state index contributed by atoms with van der Waals surface area (Å²) in [6, 6.07) is 7.44. The minimum absolute atomic E-state index is 0.158. The Hall–Kier alpha value is -1.48. The van der Waals surface area contributed by atoms with Gasteiger partial charge < -0.3 is 9.72 Å². The molecule has 1 heterocycles. The Bertz CT molecular complexity index is 562. The molecule has 2 aromatic rings. The van der Waals surface area contributed by atoms with Crippen molar-refractivity contribution in [3.8, 4) is 5.75 Å². The lowest BCUT2D eigenvalue weighted by Crippen LogP contribution is -2.11. The Morgan fingerprint density at radius 2 is 2.25 bits per heavy atom. The molecule has 0 atom stereocenters. The van der Waals surface area contributed by atoms with Crippen LogP contribution < -0.4 is 10.3 Å². The molecule has 2 rings (SSSR count). The fraction of sp³-hybridized carbons (Fsp3) is 0.250. The highest BCUT2D eigenvalue weighted by molar-refractivity contribution is 6.17. The molecule has 1 aromatic carbocycles. The van der Waals surface area contributed by atoms with Gasteiger partial charge in [0.1, 0.15) is 5.75 Å². The average molecular weight is 238 g/mol. The number of pyridine rings is 1. The van der Waals surface area contributed by atoms with E-state index in [2.05, 4.69) is 4.98 Å². The first-order chi connectivity index (χ1) is 7.76. The van der Waals surface area contributed by atoms with E-state index < -0.39 is 0 Å². The van der Waals surface area contributed by atoms with Gasteiger partial charge in [0.2, 0.25) is 0 Å². The van der Waals surface area contributed by atoms with Crippen molar-refractivity contribution < 1.29 is 4.74 Å². The lowest BCUT2D eigenvalue weighted by Gasteiger charge is -2.07. The zero-order chi connectivity index (χ0) is 11.5. The van der Waals surface area contributed by atoms with Crippen LogP contribution in [0.15, 0.2) is 29.1 Å². The summed E-state index contributed by atoms with van der Waals surface area (Å²) < 4.78 is 5.44. The number of para-hydroxylation sites is 1. The van der Waals surface area contributed by atoms with Crippen molar-refractivity contribution in [3.05, 3.63) is 40.2 Å². The molecule has 0 saturated heterocycles. The van der Waals surface area contributed by atoms with E-state index in [0.29, 0.717) is 17.9 Å². The molecular weight excluding hydrogens is 226 g/mol. The Morgan fingerprint density at radius 3 is 2.94 bits per heavy atom. The number of ether oxygens (including phenoxy) is 1. The summed E-state index contributed by atoms with van der Waals surface area (Å²) >= 11 is 5.68. The van der Waals surface area contributed by atoms with Gasteiger partial charge in [0.25, 0.3) is 5.56 Å². The third-order valence-electron chi connectivity index (χ3n) is 2.36. The molecular formula is C12H12ClNO2. The van der Waals surface area contributed by atoms with Crippen LogP contribution in [0.5, 0.6) is 5.75 Å². The number of nitrogens with one attached hydrogen (secondary N) is 1. The van der Waals surface area contributed by atoms with Crippen LogP contribution in [-0.4, -0.2) is 11.6 Å². The highest BCUT2D eigenvalue weighted by Gasteiger charge is 2.05. The lowest BCUT2D eigenvalue weighted by atomic mass is 10.1. The molecule has 0 amide bonds. The molecule has 0 aliphatic carbocycles. The molecule has 1 aromatic heterocycles. The fourth-order valence-corrected chi connectivity index (χ4v) is 1.82. The van der Waals surface area contributed by atoms with Crippen LogP contribution >= 0.6 is 11.6 Å². The molecule has 0 aliphatic rings. The highest BCUT2D eigenvalue weighted by Crippen LogP contribution is 2.23. The van der Waals surface area contributed by atoms with Crippen LogP contribution in [-0.2, 0) is 5.88 Å². The van der Waals surface area contributed by atoms with Crippen molar-refractivity contribution in [2.75, 3.05) is 6.61 Å². The van der Waals surface area contributed by atoms with E-state index in [0.717, 1.165) is 10.9 Å². The lowest BCUT2D eigenvalue weighted by molar-refractivity contribution is 0.343. The predicted molar refractivity (Wildman–Crippen MR) is 65.3 cm³/mol. The maximum Gasteiger partial charge on any atom is 0.252 e. The van der Waals surface area contributed by atoms with Gasteiger partial charge in [-0.05, 0) is 19.1 Å². The SMILES string of the molecule is CCOc1cccc2cc(CCl)c(=O)[nH]c12. The van der Waals surface area contributed by atoms with Crippen LogP contribution in [0.1, 0.15) is 12.5 Å². The molecule has 0 saturated carbocycles. The number of alkyl halides is 1. The second kappa shape index (κ2) is 4.58. The van der Waals surface area contributed by atoms with Crippen molar-refractivity contribution in [1.82, 2.24) is 4.98 Å². The first kappa shape index (κ1) is 11.0. The smallest absolute Gasteiger partial charge is 0.252 e. The summed E-state index contributed by atoms with van der Waals surface area (Å²) in [4.78, 5) is 14.4. The van der Waals surface area contributed by atoms with E-state index in [9.17, 15) is 4.79 Å². The fourth-order valence-electron chi connectivity index (χ4n) is 1.62. The number of hydrogen-bond acceptors (Lipinski definition) is 2. The van der Waals surface area contributed by atoms with Gasteiger partial charge in [-0.25, -0.2) is 0 Å². The predicted octanol–water partition coefficient (Wildman–Crippen LogP) is 2.67. The standard InChI is InChI=1S/C12H12ClNO2/c1-2-16-10-5-3-4-8-6-9(7-13)12(15)14-11(8)10/h3-6H,2,7H2,1H3,(H,14,15). The van der Waals surface area contributed by atoms with Crippen LogP contribution in [0, 0.1) is 0 Å². The molecule has 0 aliphatic heterocycles. The van der Waals surface area contributed by atoms with Gasteiger partial charge in [0.05, 0.1) is 18.0 Å². The largest absolute Gasteiger partial charge is 0.492 e. The van der Waals surface area contributed by atoms with Gasteiger partial charge in [0, 0.05) is 10.9 Å². The third-order valence-corrected chi connectivity index (χ3v) is 2.65. The van der Waals surface area contributed by atoms with Crippen LogP contribution in [0.3, 0.4) is 0 Å². The molecule has 84 valence electrons. The normalized spacial score (nSPS) is 10.6. The minimum Gasteiger partial charge on any atom is -0.492 e. The Labute approximate surface area is 98.0 Å². The van der Waals surface area contributed by atoms with Crippen molar-refractivity contribution >= 4 is 22.5 Å². The van der Waals surface area contributed by atoms with Crippen molar-refractivity contribution in [1.29, 1.82) is 0 Å². The summed E-state index contributed by atoms with van der Waals surface area (Å²) in [5, 5.41) is 0.932. The van der Waals surface area contributed by atoms with Gasteiger partial charge in [0.15, 0.2) is 0 Å². The first-order valence-corrected chi connectivity index (χ1v) is 5.63. The van der Waals surface area contributed by atoms with E-state index >= 15 is 0 Å². The quantitative estimate of drug-likeness (QED) is 0.834. The van der Waals surface area contributed by atoms with E-state index in [1.165, 1.54) is 0 Å². The summed E-state index contributed by atoms with van der Waals surface area (Å²) in [6.45, 7) is 2.47. The summed E-state index contributed by atoms with van der Waals surface area (Å²) in [5.41, 5.74) is 1.14. The van der Waals surface area contributed by atoms with Crippen LogP contribution in [0.4, 0.5) is 0 Å². The van der Waals surface area contributed by atoms with Crippen molar-refractivity contribution in [2.24, 2.45) is 0 Å². The third kappa shape index (κ3) is 1.91. The molecule has 1 N–H and O–H groups in total. The van der Waals surface area contributed by atoms with Crippen LogP contribution in [0.25, 0.3) is 10.9 Å². The zero-order valence-electron chi connectivity index (χ0n) is 8.92. The maximum absolute atomic E-state index is 11.6. The monoisotopic (exact) mass is 237 g/mol. The molecule has 0 spiro atoms. The summed E-state index contributed by atoms with van der Waals surface area (Å²) in [6.07, 6.45) is 0. The first-order valence-electron chi connectivity index (χ1n) is 5.10. The number of rotatable bonds is 3. The number of benzene rings is 1. The van der Waals surface area contributed by atoms with Crippen molar-refractivity contribution in [3.63, 3.8) is 0 Å². The second-order valence-electron chi connectivity index (χ2n) is 3.41. The second-order valence-corrected chi connectivity index (χ2v) is 3.68. The van der Waals surface area contributed by atoms with Crippen LogP contribution in [0.2, 0.25) is 0 Å². The molecule has 3 nitrogen and oxygen atoms in total. The Balaban J connectivity index is 2.69. The number of aromatic nitrogens is 1. The molecule has 0 fully saturated rings. The highest BCUT2D eigenvalue weighted by atomic mass is 35.5. The molecule has 0 unspecified atom stereocenters.